The van der Waals surface area contributed by atoms with Crippen LogP contribution >= 0.6 is 15.9 Å². The third kappa shape index (κ3) is 84.8. The van der Waals surface area contributed by atoms with Crippen molar-refractivity contribution < 1.29 is 0 Å². The van der Waals surface area contributed by atoms with Crippen LogP contribution in [0.15, 0.2) is 24.3 Å². The maximum atomic E-state index is 4.00. The lowest BCUT2D eigenvalue weighted by Crippen LogP contribution is -1.49. The Labute approximate surface area is 79.5 Å². The zero-order valence-electron chi connectivity index (χ0n) is 7.55. The molecule has 0 heterocycles. The highest BCUT2D eigenvalue weighted by Crippen LogP contribution is 1.77. The molecule has 0 aliphatic carbocycles. The van der Waals surface area contributed by atoms with Crippen LogP contribution in [-0.4, -0.2) is 5.33 Å². The summed E-state index contributed by atoms with van der Waals surface area (Å²) >= 11 is 3.22. The molecule has 0 nitrogen and oxygen atoms in total. The number of alkyl halides is 1. The highest BCUT2D eigenvalue weighted by Gasteiger charge is 1.54. The van der Waals surface area contributed by atoms with Crippen molar-refractivity contribution in [1.29, 1.82) is 0 Å². The van der Waals surface area contributed by atoms with Crippen LogP contribution in [0.25, 0.3) is 0 Å². The summed E-state index contributed by atoms with van der Waals surface area (Å²) in [5, 5.41) is 0.976. The molecule has 0 aromatic rings. The van der Waals surface area contributed by atoms with Crippen LogP contribution in [0.3, 0.4) is 0 Å². The van der Waals surface area contributed by atoms with Crippen LogP contribution in [0.4, 0.5) is 0 Å². The minimum atomic E-state index is 0.976. The number of rotatable bonds is 1. The molecule has 0 amide bonds. The summed E-state index contributed by atoms with van der Waals surface area (Å²) < 4.78 is 0. The van der Waals surface area contributed by atoms with E-state index in [4.69, 9.17) is 0 Å². The van der Waals surface area contributed by atoms with E-state index in [-0.39, 0.29) is 0 Å². The third-order valence-electron chi connectivity index (χ3n) is 0.658. The normalized spacial score (nSPS) is 8.18. The molecule has 0 rings (SSSR count). The number of terminal acetylenes is 1. The summed E-state index contributed by atoms with van der Waals surface area (Å²) in [4.78, 5) is 0. The molecule has 1 heteroatoms. The molecule has 11 heavy (non-hydrogen) atoms. The molecule has 0 fully saturated rings. The summed E-state index contributed by atoms with van der Waals surface area (Å²) in [6.07, 6.45) is 16.1. The van der Waals surface area contributed by atoms with E-state index in [1.54, 1.807) is 0 Å². The molecule has 0 unspecified atom stereocenters. The van der Waals surface area contributed by atoms with Gasteiger partial charge >= 0.3 is 0 Å². The SMILES string of the molecule is C#C.C/C=C/C.C/C=C\CBr. The Bertz CT molecular complexity index is 94.7. The number of hydrogen-bond donors (Lipinski definition) is 0. The number of allylic oxidation sites excluding steroid dienone is 4. The van der Waals surface area contributed by atoms with Crippen LogP contribution in [0, 0.1) is 12.8 Å². The van der Waals surface area contributed by atoms with E-state index in [1.165, 1.54) is 0 Å². The van der Waals surface area contributed by atoms with Crippen molar-refractivity contribution in [3.8, 4) is 12.8 Å². The Morgan fingerprint density at radius 3 is 1.36 bits per heavy atom. The molecule has 0 bridgehead atoms. The van der Waals surface area contributed by atoms with Gasteiger partial charge in [0.15, 0.2) is 0 Å². The first-order valence-corrected chi connectivity index (χ1v) is 4.53. The van der Waals surface area contributed by atoms with Gasteiger partial charge in [0, 0.05) is 5.33 Å². The minimum Gasteiger partial charge on any atom is -0.124 e. The maximum absolute atomic E-state index is 4.00. The second-order valence-corrected chi connectivity index (χ2v) is 2.04. The monoisotopic (exact) mass is 216 g/mol. The molecular formula is C10H17Br. The van der Waals surface area contributed by atoms with E-state index >= 15 is 0 Å². The second kappa shape index (κ2) is 33.8. The molecule has 0 aromatic carbocycles. The van der Waals surface area contributed by atoms with Gasteiger partial charge in [0.05, 0.1) is 0 Å². The van der Waals surface area contributed by atoms with Crippen LogP contribution in [0.1, 0.15) is 20.8 Å². The van der Waals surface area contributed by atoms with Crippen LogP contribution in [0.2, 0.25) is 0 Å². The molecule has 0 aliphatic rings. The molecule has 0 saturated carbocycles. The highest BCUT2D eigenvalue weighted by molar-refractivity contribution is 9.09. The van der Waals surface area contributed by atoms with Crippen molar-refractivity contribution >= 4 is 15.9 Å². The molecule has 0 saturated heterocycles. The van der Waals surface area contributed by atoms with Gasteiger partial charge in [-0.1, -0.05) is 40.2 Å². The Balaban J connectivity index is -0.0000000965. The summed E-state index contributed by atoms with van der Waals surface area (Å²) in [7, 11) is 0. The fraction of sp³-hybridized carbons (Fsp3) is 0.400. The molecule has 0 atom stereocenters. The zero-order chi connectivity index (χ0) is 9.54. The second-order valence-electron chi connectivity index (χ2n) is 1.39. The lowest BCUT2D eigenvalue weighted by Gasteiger charge is -1.63. The molecule has 64 valence electrons. The van der Waals surface area contributed by atoms with E-state index in [1.807, 2.05) is 45.1 Å². The summed E-state index contributed by atoms with van der Waals surface area (Å²) in [5.74, 6) is 0. The van der Waals surface area contributed by atoms with Crippen molar-refractivity contribution in [3.63, 3.8) is 0 Å². The van der Waals surface area contributed by atoms with Gasteiger partial charge in [-0.2, -0.15) is 0 Å². The summed E-state index contributed by atoms with van der Waals surface area (Å²) in [6, 6.07) is 0. The Hall–Kier alpha value is -0.480. The molecule has 0 aliphatic heterocycles. The van der Waals surface area contributed by atoms with E-state index < -0.39 is 0 Å². The van der Waals surface area contributed by atoms with Crippen molar-refractivity contribution in [1.82, 2.24) is 0 Å². The van der Waals surface area contributed by atoms with E-state index in [0.717, 1.165) is 5.33 Å². The number of hydrogen-bond acceptors (Lipinski definition) is 0. The van der Waals surface area contributed by atoms with Crippen LogP contribution in [0.5, 0.6) is 0 Å². The van der Waals surface area contributed by atoms with Gasteiger partial charge in [-0.15, -0.1) is 12.8 Å². The molecule has 0 aromatic heterocycles. The Morgan fingerprint density at radius 2 is 1.36 bits per heavy atom. The van der Waals surface area contributed by atoms with Crippen molar-refractivity contribution in [2.24, 2.45) is 0 Å². The first kappa shape index (κ1) is 16.9. The highest BCUT2D eigenvalue weighted by atomic mass is 79.9. The molecule has 0 spiro atoms. The predicted octanol–water partition coefficient (Wildman–Crippen LogP) is 3.79. The first-order valence-electron chi connectivity index (χ1n) is 3.41. The number of halogens is 1. The Kier molecular flexibility index (Phi) is 51.8. The standard InChI is InChI=1S/C4H7Br.C4H8.C2H2/c1-2-3-4-5;1-3-4-2;1-2/h2-3H,4H2,1H3;3-4H,1-2H3;1-2H/b3-2-;4-3+;. The quantitative estimate of drug-likeness (QED) is 0.356. The topological polar surface area (TPSA) is 0 Å². The predicted molar refractivity (Wildman–Crippen MR) is 59.0 cm³/mol. The zero-order valence-corrected chi connectivity index (χ0v) is 9.14. The molecular weight excluding hydrogens is 200 g/mol. The Morgan fingerprint density at radius 1 is 1.00 bits per heavy atom. The molecule has 0 N–H and O–H groups in total. The minimum absolute atomic E-state index is 0.976. The lowest BCUT2D eigenvalue weighted by atomic mass is 10.6. The van der Waals surface area contributed by atoms with Gasteiger partial charge in [0.1, 0.15) is 0 Å². The van der Waals surface area contributed by atoms with Crippen molar-refractivity contribution in [2.75, 3.05) is 5.33 Å². The van der Waals surface area contributed by atoms with Gasteiger partial charge in [-0.3, -0.25) is 0 Å². The van der Waals surface area contributed by atoms with Gasteiger partial charge in [-0.05, 0) is 20.8 Å². The van der Waals surface area contributed by atoms with E-state index in [9.17, 15) is 0 Å². The maximum Gasteiger partial charge on any atom is 0.0211 e. The smallest absolute Gasteiger partial charge is 0.0211 e. The van der Waals surface area contributed by atoms with Crippen LogP contribution in [-0.2, 0) is 0 Å². The van der Waals surface area contributed by atoms with Gasteiger partial charge < -0.3 is 0 Å². The van der Waals surface area contributed by atoms with Crippen LogP contribution < -0.4 is 0 Å². The average Bonchev–Trinajstić information content (AvgIpc) is 2.10. The van der Waals surface area contributed by atoms with Gasteiger partial charge in [0.2, 0.25) is 0 Å². The fourth-order valence-corrected chi connectivity index (χ4v) is 0.463. The summed E-state index contributed by atoms with van der Waals surface area (Å²) in [5.41, 5.74) is 0. The van der Waals surface area contributed by atoms with Crippen molar-refractivity contribution in [2.45, 2.75) is 20.8 Å². The van der Waals surface area contributed by atoms with E-state index in [0.29, 0.717) is 0 Å². The van der Waals surface area contributed by atoms with E-state index in [2.05, 4.69) is 28.8 Å². The van der Waals surface area contributed by atoms with Gasteiger partial charge in [0.25, 0.3) is 0 Å². The summed E-state index contributed by atoms with van der Waals surface area (Å²) in [6.45, 7) is 6.00. The average molecular weight is 217 g/mol. The first-order chi connectivity index (χ1) is 5.33. The third-order valence-corrected chi connectivity index (χ3v) is 1.03. The van der Waals surface area contributed by atoms with Gasteiger partial charge in [-0.25, -0.2) is 0 Å². The lowest BCUT2D eigenvalue weighted by molar-refractivity contribution is 1.64. The largest absolute Gasteiger partial charge is 0.124 e. The molecule has 0 radical (unpaired) electrons. The van der Waals surface area contributed by atoms with Crippen molar-refractivity contribution in [3.05, 3.63) is 24.3 Å². The fourth-order valence-electron chi connectivity index (χ4n) is 0.0891.